The second kappa shape index (κ2) is 6.73. The predicted octanol–water partition coefficient (Wildman–Crippen LogP) is 3.19. The molecule has 0 saturated heterocycles. The number of benzene rings is 1. The Kier molecular flexibility index (Phi) is 5.88. The highest BCUT2D eigenvalue weighted by Gasteiger charge is 2.27. The van der Waals surface area contributed by atoms with Crippen molar-refractivity contribution in [2.24, 2.45) is 5.73 Å². The van der Waals surface area contributed by atoms with Crippen LogP contribution in [-0.2, 0) is 0 Å². The largest absolute Gasteiger partial charge is 0.345 e. The minimum atomic E-state index is -0.331. The molecule has 0 spiro atoms. The fourth-order valence-corrected chi connectivity index (χ4v) is 2.50. The second-order valence-corrected chi connectivity index (χ2v) is 5.87. The summed E-state index contributed by atoms with van der Waals surface area (Å²) in [7, 11) is 0. The topological polar surface area (TPSA) is 55.1 Å². The molecule has 0 saturated carbocycles. The van der Waals surface area contributed by atoms with Crippen LogP contribution in [0.15, 0.2) is 18.2 Å². The van der Waals surface area contributed by atoms with Gasteiger partial charge in [0.1, 0.15) is 0 Å². The fourth-order valence-electron chi connectivity index (χ4n) is 1.75. The first-order chi connectivity index (χ1) is 8.48. The van der Waals surface area contributed by atoms with Gasteiger partial charge in [0.15, 0.2) is 0 Å². The summed E-state index contributed by atoms with van der Waals surface area (Å²) in [5, 5.41) is 3.60. The number of hydrogen-bond donors (Lipinski definition) is 2. The zero-order valence-corrected chi connectivity index (χ0v) is 13.5. The lowest BCUT2D eigenvalue weighted by molar-refractivity contribution is 0.0894. The van der Waals surface area contributed by atoms with Crippen molar-refractivity contribution in [3.63, 3.8) is 0 Å². The van der Waals surface area contributed by atoms with E-state index in [4.69, 9.17) is 17.3 Å². The molecule has 0 atom stereocenters. The zero-order chi connectivity index (χ0) is 13.8. The molecule has 3 nitrogen and oxygen atoms in total. The van der Waals surface area contributed by atoms with Gasteiger partial charge in [0.05, 0.1) is 11.1 Å². The van der Waals surface area contributed by atoms with Gasteiger partial charge in [0.25, 0.3) is 5.91 Å². The molecule has 0 aliphatic carbocycles. The van der Waals surface area contributed by atoms with Gasteiger partial charge in [-0.05, 0) is 53.6 Å². The van der Waals surface area contributed by atoms with Crippen LogP contribution in [0, 0.1) is 3.57 Å². The molecule has 1 amide bonds. The molecule has 100 valence electrons. The lowest BCUT2D eigenvalue weighted by Gasteiger charge is -2.31. The fraction of sp³-hybridized carbons (Fsp3) is 0.462. The molecule has 1 aromatic carbocycles. The zero-order valence-electron chi connectivity index (χ0n) is 10.6. The Morgan fingerprint density at radius 2 is 2.06 bits per heavy atom. The van der Waals surface area contributed by atoms with Crippen LogP contribution in [0.4, 0.5) is 0 Å². The maximum Gasteiger partial charge on any atom is 0.252 e. The first kappa shape index (κ1) is 15.7. The minimum absolute atomic E-state index is 0.115. The molecule has 0 heterocycles. The minimum Gasteiger partial charge on any atom is -0.345 e. The number of hydrogen-bond acceptors (Lipinski definition) is 2. The van der Waals surface area contributed by atoms with Crippen LogP contribution in [0.1, 0.15) is 37.0 Å². The summed E-state index contributed by atoms with van der Waals surface area (Å²) >= 11 is 8.06. The number of nitrogens with one attached hydrogen (secondary N) is 1. The number of carbonyl (C=O) groups is 1. The average Bonchev–Trinajstić information content (AvgIpc) is 2.38. The summed E-state index contributed by atoms with van der Waals surface area (Å²) in [6.45, 7) is 4.49. The molecule has 0 aliphatic heterocycles. The van der Waals surface area contributed by atoms with Crippen molar-refractivity contribution in [1.82, 2.24) is 5.32 Å². The number of carbonyl (C=O) groups excluding carboxylic acids is 1. The van der Waals surface area contributed by atoms with Gasteiger partial charge < -0.3 is 11.1 Å². The molecular weight excluding hydrogens is 363 g/mol. The van der Waals surface area contributed by atoms with Crippen molar-refractivity contribution in [2.45, 2.75) is 32.2 Å². The van der Waals surface area contributed by atoms with Crippen molar-refractivity contribution < 1.29 is 4.79 Å². The number of amides is 1. The van der Waals surface area contributed by atoms with Gasteiger partial charge in [-0.1, -0.05) is 25.4 Å². The maximum atomic E-state index is 12.3. The van der Waals surface area contributed by atoms with Crippen LogP contribution in [0.5, 0.6) is 0 Å². The average molecular weight is 381 g/mol. The number of nitrogens with two attached hydrogens (primary N) is 1. The molecule has 3 N–H and O–H groups in total. The highest BCUT2D eigenvalue weighted by molar-refractivity contribution is 14.1. The standard InChI is InChI=1S/C13H18ClIN2O/c1-3-13(4-2,8-16)17-12(18)10-7-9(14)5-6-11(10)15/h5-7H,3-4,8,16H2,1-2H3,(H,17,18). The van der Waals surface area contributed by atoms with Crippen LogP contribution >= 0.6 is 34.2 Å². The van der Waals surface area contributed by atoms with E-state index in [1.165, 1.54) is 0 Å². The van der Waals surface area contributed by atoms with E-state index in [0.717, 1.165) is 16.4 Å². The SMILES string of the molecule is CCC(CC)(CN)NC(=O)c1cc(Cl)ccc1I. The second-order valence-electron chi connectivity index (χ2n) is 4.27. The molecule has 0 radical (unpaired) electrons. The van der Waals surface area contributed by atoms with Crippen molar-refractivity contribution >= 4 is 40.1 Å². The molecule has 0 aliphatic rings. The molecule has 0 unspecified atom stereocenters. The Morgan fingerprint density at radius 1 is 1.44 bits per heavy atom. The lowest BCUT2D eigenvalue weighted by atomic mass is 9.92. The first-order valence-electron chi connectivity index (χ1n) is 5.95. The monoisotopic (exact) mass is 380 g/mol. The molecule has 18 heavy (non-hydrogen) atoms. The van der Waals surface area contributed by atoms with Crippen molar-refractivity contribution in [2.75, 3.05) is 6.54 Å². The van der Waals surface area contributed by atoms with Gasteiger partial charge >= 0.3 is 0 Å². The third kappa shape index (κ3) is 3.59. The number of rotatable bonds is 5. The third-order valence-electron chi connectivity index (χ3n) is 3.30. The van der Waals surface area contributed by atoms with Crippen molar-refractivity contribution in [3.05, 3.63) is 32.4 Å². The summed E-state index contributed by atoms with van der Waals surface area (Å²) in [5.74, 6) is -0.115. The molecule has 0 bridgehead atoms. The molecule has 0 aromatic heterocycles. The van der Waals surface area contributed by atoms with Crippen molar-refractivity contribution in [1.29, 1.82) is 0 Å². The normalized spacial score (nSPS) is 11.4. The predicted molar refractivity (Wildman–Crippen MR) is 84.0 cm³/mol. The van der Waals surface area contributed by atoms with Gasteiger partial charge in [0, 0.05) is 15.1 Å². The number of halogens is 2. The molecule has 0 fully saturated rings. The Balaban J connectivity index is 2.97. The highest BCUT2D eigenvalue weighted by Crippen LogP contribution is 2.20. The summed E-state index contributed by atoms with van der Waals surface area (Å²) in [6, 6.07) is 5.29. The van der Waals surface area contributed by atoms with Crippen LogP contribution in [0.2, 0.25) is 5.02 Å². The third-order valence-corrected chi connectivity index (χ3v) is 4.47. The van der Waals surface area contributed by atoms with Gasteiger partial charge in [-0.2, -0.15) is 0 Å². The van der Waals surface area contributed by atoms with Crippen molar-refractivity contribution in [3.8, 4) is 0 Å². The van der Waals surface area contributed by atoms with E-state index in [1.807, 2.05) is 19.9 Å². The van der Waals surface area contributed by atoms with E-state index in [2.05, 4.69) is 27.9 Å². The van der Waals surface area contributed by atoms with Gasteiger partial charge in [-0.3, -0.25) is 4.79 Å². The van der Waals surface area contributed by atoms with E-state index in [1.54, 1.807) is 12.1 Å². The summed E-state index contributed by atoms with van der Waals surface area (Å²) in [4.78, 5) is 12.3. The van der Waals surface area contributed by atoms with E-state index in [0.29, 0.717) is 17.1 Å². The maximum absolute atomic E-state index is 12.3. The Labute approximate surface area is 127 Å². The van der Waals surface area contributed by atoms with Crippen LogP contribution < -0.4 is 11.1 Å². The highest BCUT2D eigenvalue weighted by atomic mass is 127. The van der Waals surface area contributed by atoms with E-state index >= 15 is 0 Å². The first-order valence-corrected chi connectivity index (χ1v) is 7.41. The van der Waals surface area contributed by atoms with E-state index < -0.39 is 0 Å². The van der Waals surface area contributed by atoms with E-state index in [9.17, 15) is 4.79 Å². The molecule has 5 heteroatoms. The summed E-state index contributed by atoms with van der Waals surface area (Å²) < 4.78 is 0.882. The Morgan fingerprint density at radius 3 is 2.56 bits per heavy atom. The van der Waals surface area contributed by atoms with Crippen LogP contribution in [-0.4, -0.2) is 18.0 Å². The molecule has 1 rings (SSSR count). The summed E-state index contributed by atoms with van der Waals surface area (Å²) in [5.41, 5.74) is 6.05. The quantitative estimate of drug-likeness (QED) is 0.771. The van der Waals surface area contributed by atoms with Gasteiger partial charge in [-0.25, -0.2) is 0 Å². The molecule has 1 aromatic rings. The van der Waals surface area contributed by atoms with Gasteiger partial charge in [-0.15, -0.1) is 0 Å². The lowest BCUT2D eigenvalue weighted by Crippen LogP contribution is -2.53. The summed E-state index contributed by atoms with van der Waals surface area (Å²) in [6.07, 6.45) is 1.62. The van der Waals surface area contributed by atoms with Gasteiger partial charge in [0.2, 0.25) is 0 Å². The Hall–Kier alpha value is -0.330. The van der Waals surface area contributed by atoms with Crippen LogP contribution in [0.3, 0.4) is 0 Å². The molecular formula is C13H18ClIN2O. The van der Waals surface area contributed by atoms with E-state index in [-0.39, 0.29) is 11.4 Å². The smallest absolute Gasteiger partial charge is 0.252 e. The Bertz CT molecular complexity index is 425. The van der Waals surface area contributed by atoms with Crippen LogP contribution in [0.25, 0.3) is 0 Å².